The maximum absolute atomic E-state index is 4.63. The summed E-state index contributed by atoms with van der Waals surface area (Å²) < 4.78 is 2.02. The molecular weight excluding hydrogens is 272 g/mol. The lowest BCUT2D eigenvalue weighted by atomic mass is 10.00. The molecule has 0 amide bonds. The molecule has 0 aliphatic rings. The number of pyridine rings is 1. The standard InChI is InChI=1S/C18H22N4/c1-5-14-8-6-7-12(2)15(14)11-20-16-9-10-19-18-17(16)21-13(3)22(18)4/h6-10H,5,11H2,1-4H3,(H,19,20). The quantitative estimate of drug-likeness (QED) is 0.796. The minimum absolute atomic E-state index is 0.810. The van der Waals surface area contributed by atoms with E-state index in [-0.39, 0.29) is 0 Å². The zero-order valence-corrected chi connectivity index (χ0v) is 13.6. The minimum Gasteiger partial charge on any atom is -0.379 e. The summed E-state index contributed by atoms with van der Waals surface area (Å²) in [7, 11) is 2.00. The largest absolute Gasteiger partial charge is 0.379 e. The molecule has 0 fully saturated rings. The van der Waals surface area contributed by atoms with Gasteiger partial charge in [-0.25, -0.2) is 9.97 Å². The minimum atomic E-state index is 0.810. The van der Waals surface area contributed by atoms with Crippen LogP contribution in [0.3, 0.4) is 0 Å². The van der Waals surface area contributed by atoms with Gasteiger partial charge in [0, 0.05) is 19.8 Å². The SMILES string of the molecule is CCc1cccc(C)c1CNc1ccnc2c1nc(C)n2C. The monoisotopic (exact) mass is 294 g/mol. The molecule has 3 aromatic rings. The van der Waals surface area contributed by atoms with Gasteiger partial charge in [0.1, 0.15) is 11.3 Å². The van der Waals surface area contributed by atoms with Gasteiger partial charge >= 0.3 is 0 Å². The van der Waals surface area contributed by atoms with E-state index in [1.807, 2.05) is 30.8 Å². The number of aryl methyl sites for hydroxylation is 4. The van der Waals surface area contributed by atoms with E-state index < -0.39 is 0 Å². The highest BCUT2D eigenvalue weighted by Crippen LogP contribution is 2.23. The first-order valence-corrected chi connectivity index (χ1v) is 7.71. The molecule has 4 nitrogen and oxygen atoms in total. The highest BCUT2D eigenvalue weighted by molar-refractivity contribution is 5.85. The van der Waals surface area contributed by atoms with Gasteiger partial charge in [0.25, 0.3) is 0 Å². The summed E-state index contributed by atoms with van der Waals surface area (Å²) in [6.45, 7) is 7.18. The van der Waals surface area contributed by atoms with Crippen molar-refractivity contribution in [3.05, 3.63) is 53.0 Å². The lowest BCUT2D eigenvalue weighted by Crippen LogP contribution is -2.05. The number of nitrogens with zero attached hydrogens (tertiary/aromatic N) is 3. The van der Waals surface area contributed by atoms with Crippen LogP contribution in [0.1, 0.15) is 29.4 Å². The highest BCUT2D eigenvalue weighted by atomic mass is 15.1. The Kier molecular flexibility index (Phi) is 3.84. The first-order valence-electron chi connectivity index (χ1n) is 7.71. The van der Waals surface area contributed by atoms with Gasteiger partial charge in [0.2, 0.25) is 0 Å². The van der Waals surface area contributed by atoms with Crippen LogP contribution >= 0.6 is 0 Å². The average molecular weight is 294 g/mol. The van der Waals surface area contributed by atoms with Gasteiger partial charge in [-0.1, -0.05) is 25.1 Å². The number of anilines is 1. The Morgan fingerprint density at radius 2 is 2.00 bits per heavy atom. The van der Waals surface area contributed by atoms with Crippen LogP contribution in [0.4, 0.5) is 5.69 Å². The lowest BCUT2D eigenvalue weighted by Gasteiger charge is -2.13. The molecule has 22 heavy (non-hydrogen) atoms. The number of nitrogens with one attached hydrogen (secondary N) is 1. The normalized spacial score (nSPS) is 11.1. The molecule has 114 valence electrons. The Labute approximate surface area is 131 Å². The summed E-state index contributed by atoms with van der Waals surface area (Å²) in [5, 5.41) is 3.54. The molecule has 0 saturated heterocycles. The van der Waals surface area contributed by atoms with Crippen LogP contribution < -0.4 is 5.32 Å². The van der Waals surface area contributed by atoms with Crippen molar-refractivity contribution in [3.8, 4) is 0 Å². The fraction of sp³-hybridized carbons (Fsp3) is 0.333. The van der Waals surface area contributed by atoms with E-state index in [1.54, 1.807) is 0 Å². The number of aromatic nitrogens is 3. The molecule has 0 aliphatic carbocycles. The van der Waals surface area contributed by atoms with Gasteiger partial charge in [0.15, 0.2) is 5.65 Å². The number of fused-ring (bicyclic) bond motifs is 1. The number of hydrogen-bond donors (Lipinski definition) is 1. The molecule has 2 aromatic heterocycles. The van der Waals surface area contributed by atoms with Crippen molar-refractivity contribution in [2.45, 2.75) is 33.7 Å². The third-order valence-electron chi connectivity index (χ3n) is 4.33. The number of imidazole rings is 1. The second-order valence-electron chi connectivity index (χ2n) is 5.67. The van der Waals surface area contributed by atoms with Gasteiger partial charge in [-0.15, -0.1) is 0 Å². The Hall–Kier alpha value is -2.36. The summed E-state index contributed by atoms with van der Waals surface area (Å²) in [6.07, 6.45) is 2.89. The summed E-state index contributed by atoms with van der Waals surface area (Å²) in [5.74, 6) is 0.974. The molecular formula is C18H22N4. The molecule has 2 heterocycles. The second-order valence-corrected chi connectivity index (χ2v) is 5.67. The molecule has 1 aromatic carbocycles. The van der Waals surface area contributed by atoms with Crippen molar-refractivity contribution in [2.75, 3.05) is 5.32 Å². The molecule has 0 saturated carbocycles. The van der Waals surface area contributed by atoms with Crippen LogP contribution in [0.2, 0.25) is 0 Å². The highest BCUT2D eigenvalue weighted by Gasteiger charge is 2.10. The van der Waals surface area contributed by atoms with Crippen LogP contribution in [0.5, 0.6) is 0 Å². The molecule has 0 atom stereocenters. The molecule has 0 bridgehead atoms. The number of rotatable bonds is 4. The van der Waals surface area contributed by atoms with Crippen LogP contribution in [-0.2, 0) is 20.0 Å². The Balaban J connectivity index is 1.94. The van der Waals surface area contributed by atoms with Gasteiger partial charge < -0.3 is 9.88 Å². The van der Waals surface area contributed by atoms with Gasteiger partial charge in [-0.3, -0.25) is 0 Å². The van der Waals surface area contributed by atoms with E-state index in [0.717, 1.165) is 35.6 Å². The Bertz CT molecular complexity index is 817. The predicted molar refractivity (Wildman–Crippen MR) is 91.1 cm³/mol. The zero-order chi connectivity index (χ0) is 15.7. The summed E-state index contributed by atoms with van der Waals surface area (Å²) in [5.41, 5.74) is 7.00. The van der Waals surface area contributed by atoms with Crippen molar-refractivity contribution < 1.29 is 0 Å². The molecule has 0 radical (unpaired) electrons. The summed E-state index contributed by atoms with van der Waals surface area (Å²) in [4.78, 5) is 9.06. The van der Waals surface area contributed by atoms with Crippen molar-refractivity contribution >= 4 is 16.9 Å². The molecule has 3 rings (SSSR count). The maximum atomic E-state index is 4.63. The first kappa shape index (κ1) is 14.6. The van der Waals surface area contributed by atoms with Gasteiger partial charge in [-0.2, -0.15) is 0 Å². The maximum Gasteiger partial charge on any atom is 0.161 e. The van der Waals surface area contributed by atoms with Crippen molar-refractivity contribution in [1.82, 2.24) is 14.5 Å². The van der Waals surface area contributed by atoms with Crippen LogP contribution in [0.15, 0.2) is 30.5 Å². The molecule has 0 spiro atoms. The molecule has 1 N–H and O–H groups in total. The number of hydrogen-bond acceptors (Lipinski definition) is 3. The third kappa shape index (κ3) is 2.45. The van der Waals surface area contributed by atoms with Gasteiger partial charge in [-0.05, 0) is 43.0 Å². The van der Waals surface area contributed by atoms with E-state index in [1.165, 1.54) is 16.7 Å². The summed E-state index contributed by atoms with van der Waals surface area (Å²) in [6, 6.07) is 8.50. The molecule has 0 aliphatic heterocycles. The lowest BCUT2D eigenvalue weighted by molar-refractivity contribution is 0.874. The third-order valence-corrected chi connectivity index (χ3v) is 4.33. The fourth-order valence-corrected chi connectivity index (χ4v) is 2.86. The van der Waals surface area contributed by atoms with Crippen LogP contribution in [-0.4, -0.2) is 14.5 Å². The predicted octanol–water partition coefficient (Wildman–Crippen LogP) is 3.76. The van der Waals surface area contributed by atoms with Crippen LogP contribution in [0, 0.1) is 13.8 Å². The average Bonchev–Trinajstić information content (AvgIpc) is 2.82. The summed E-state index contributed by atoms with van der Waals surface area (Å²) >= 11 is 0. The Morgan fingerprint density at radius 1 is 1.18 bits per heavy atom. The zero-order valence-electron chi connectivity index (χ0n) is 13.6. The van der Waals surface area contributed by atoms with Gasteiger partial charge in [0.05, 0.1) is 5.69 Å². The van der Waals surface area contributed by atoms with E-state index >= 15 is 0 Å². The van der Waals surface area contributed by atoms with Crippen molar-refractivity contribution in [3.63, 3.8) is 0 Å². The van der Waals surface area contributed by atoms with E-state index in [9.17, 15) is 0 Å². The fourth-order valence-electron chi connectivity index (χ4n) is 2.86. The molecule has 0 unspecified atom stereocenters. The van der Waals surface area contributed by atoms with Crippen LogP contribution in [0.25, 0.3) is 11.2 Å². The van der Waals surface area contributed by atoms with E-state index in [2.05, 4.69) is 47.3 Å². The van der Waals surface area contributed by atoms with Crippen molar-refractivity contribution in [2.24, 2.45) is 7.05 Å². The second kappa shape index (κ2) is 5.79. The topological polar surface area (TPSA) is 42.7 Å². The van der Waals surface area contributed by atoms with Crippen molar-refractivity contribution in [1.29, 1.82) is 0 Å². The number of benzene rings is 1. The first-order chi connectivity index (χ1) is 10.6. The smallest absolute Gasteiger partial charge is 0.161 e. The van der Waals surface area contributed by atoms with E-state index in [4.69, 9.17) is 0 Å². The van der Waals surface area contributed by atoms with E-state index in [0.29, 0.717) is 0 Å². The molecule has 4 heteroatoms. The Morgan fingerprint density at radius 3 is 2.77 bits per heavy atom.